The van der Waals surface area contributed by atoms with Crippen LogP contribution in [0.2, 0.25) is 0 Å². The highest BCUT2D eigenvalue weighted by Gasteiger charge is 2.17. The van der Waals surface area contributed by atoms with E-state index in [0.29, 0.717) is 13.0 Å². The van der Waals surface area contributed by atoms with Crippen molar-refractivity contribution in [3.8, 4) is 12.3 Å². The first-order chi connectivity index (χ1) is 7.98. The van der Waals surface area contributed by atoms with Crippen LogP contribution >= 0.6 is 0 Å². The number of rotatable bonds is 4. The lowest BCUT2D eigenvalue weighted by atomic mass is 10.0. The fraction of sp³-hybridized carbons (Fsp3) is 0.357. The molecule has 1 rings (SSSR count). The molecule has 0 saturated carbocycles. The van der Waals surface area contributed by atoms with E-state index in [1.165, 1.54) is 0 Å². The maximum absolute atomic E-state index is 11.8. The minimum atomic E-state index is -0.616. The molecule has 0 aliphatic heterocycles. The largest absolute Gasteiger partial charge is 0.340 e. The van der Waals surface area contributed by atoms with E-state index in [9.17, 15) is 4.79 Å². The molecule has 0 fully saturated rings. The van der Waals surface area contributed by atoms with E-state index in [2.05, 4.69) is 11.2 Å². The van der Waals surface area contributed by atoms with Gasteiger partial charge >= 0.3 is 0 Å². The predicted molar refractivity (Wildman–Crippen MR) is 69.1 cm³/mol. The maximum Gasteiger partial charge on any atom is 0.225 e. The third-order valence-corrected chi connectivity index (χ3v) is 2.50. The zero-order valence-corrected chi connectivity index (χ0v) is 10.3. The number of hydrogen-bond donors (Lipinski definition) is 2. The van der Waals surface area contributed by atoms with Gasteiger partial charge in [-0.15, -0.1) is 6.42 Å². The molecule has 0 saturated heterocycles. The van der Waals surface area contributed by atoms with Crippen LogP contribution in [0, 0.1) is 12.3 Å². The molecule has 1 aromatic carbocycles. The maximum atomic E-state index is 11.8. The Hall–Kier alpha value is -1.79. The predicted octanol–water partition coefficient (Wildman–Crippen LogP) is 1.22. The zero-order chi connectivity index (χ0) is 12.9. The Morgan fingerprint density at radius 1 is 1.41 bits per heavy atom. The summed E-state index contributed by atoms with van der Waals surface area (Å²) in [7, 11) is 0. The van der Waals surface area contributed by atoms with E-state index in [1.807, 2.05) is 24.3 Å². The van der Waals surface area contributed by atoms with Gasteiger partial charge in [-0.2, -0.15) is 0 Å². The second-order valence-corrected chi connectivity index (χ2v) is 4.47. The van der Waals surface area contributed by atoms with Gasteiger partial charge < -0.3 is 11.1 Å². The third-order valence-electron chi connectivity index (χ3n) is 2.50. The van der Waals surface area contributed by atoms with Gasteiger partial charge in [-0.25, -0.2) is 0 Å². The second kappa shape index (κ2) is 5.51. The minimum Gasteiger partial charge on any atom is -0.340 e. The van der Waals surface area contributed by atoms with Gasteiger partial charge in [0.15, 0.2) is 0 Å². The molecule has 0 spiro atoms. The normalized spacial score (nSPS) is 10.7. The molecule has 0 aromatic heterocycles. The van der Waals surface area contributed by atoms with Crippen LogP contribution < -0.4 is 11.1 Å². The van der Waals surface area contributed by atoms with Crippen molar-refractivity contribution < 1.29 is 4.79 Å². The third kappa shape index (κ3) is 3.93. The number of carbonyl (C=O) groups excluding carboxylic acids is 1. The molecule has 0 unspecified atom stereocenters. The van der Waals surface area contributed by atoms with Crippen molar-refractivity contribution in [2.45, 2.75) is 32.4 Å². The highest BCUT2D eigenvalue weighted by atomic mass is 16.1. The first kappa shape index (κ1) is 13.3. The molecule has 0 atom stereocenters. The lowest BCUT2D eigenvalue weighted by Crippen LogP contribution is -2.42. The molecule has 0 aliphatic carbocycles. The van der Waals surface area contributed by atoms with Gasteiger partial charge in [-0.1, -0.05) is 30.2 Å². The van der Waals surface area contributed by atoms with Crippen molar-refractivity contribution in [1.82, 2.24) is 5.32 Å². The van der Waals surface area contributed by atoms with E-state index < -0.39 is 5.54 Å². The van der Waals surface area contributed by atoms with E-state index in [1.54, 1.807) is 13.8 Å². The monoisotopic (exact) mass is 230 g/mol. The Balaban J connectivity index is 2.72. The van der Waals surface area contributed by atoms with Gasteiger partial charge in [0.1, 0.15) is 0 Å². The summed E-state index contributed by atoms with van der Waals surface area (Å²) in [6, 6.07) is 7.64. The van der Waals surface area contributed by atoms with Crippen LogP contribution in [-0.2, 0) is 17.8 Å². The quantitative estimate of drug-likeness (QED) is 0.764. The summed E-state index contributed by atoms with van der Waals surface area (Å²) in [5.41, 5.74) is 6.93. The second-order valence-electron chi connectivity index (χ2n) is 4.47. The molecule has 1 amide bonds. The molecular formula is C14H18N2O. The first-order valence-corrected chi connectivity index (χ1v) is 5.54. The van der Waals surface area contributed by atoms with Crippen molar-refractivity contribution >= 4 is 5.91 Å². The van der Waals surface area contributed by atoms with Crippen LogP contribution in [0.1, 0.15) is 25.0 Å². The molecule has 0 heterocycles. The van der Waals surface area contributed by atoms with Crippen molar-refractivity contribution in [2.24, 2.45) is 5.73 Å². The molecule has 3 nitrogen and oxygen atoms in total. The van der Waals surface area contributed by atoms with Crippen LogP contribution in [0.5, 0.6) is 0 Å². The lowest BCUT2D eigenvalue weighted by molar-refractivity contribution is -0.121. The molecule has 1 aromatic rings. The van der Waals surface area contributed by atoms with E-state index in [0.717, 1.165) is 11.1 Å². The minimum absolute atomic E-state index is 0.0890. The summed E-state index contributed by atoms with van der Waals surface area (Å²) in [6.45, 7) is 4.02. The molecule has 90 valence electrons. The van der Waals surface area contributed by atoms with Gasteiger partial charge in [-0.3, -0.25) is 4.79 Å². The summed E-state index contributed by atoms with van der Waals surface area (Å²) in [5, 5.41) is 2.79. The summed E-state index contributed by atoms with van der Waals surface area (Å²) in [6.07, 6.45) is 5.62. The topological polar surface area (TPSA) is 55.1 Å². The van der Waals surface area contributed by atoms with Crippen LogP contribution in [0.3, 0.4) is 0 Å². The van der Waals surface area contributed by atoms with Gasteiger partial charge in [0, 0.05) is 6.54 Å². The summed E-state index contributed by atoms with van der Waals surface area (Å²) >= 11 is 0. The van der Waals surface area contributed by atoms with E-state index >= 15 is 0 Å². The SMILES string of the molecule is C#CC(C)(C)NC(=O)Cc1ccccc1CN. The van der Waals surface area contributed by atoms with Crippen LogP contribution in [0.15, 0.2) is 24.3 Å². The fourth-order valence-electron chi connectivity index (χ4n) is 1.53. The van der Waals surface area contributed by atoms with Crippen molar-refractivity contribution in [1.29, 1.82) is 0 Å². The Labute approximate surface area is 102 Å². The molecule has 3 heteroatoms. The summed E-state index contributed by atoms with van der Waals surface area (Å²) < 4.78 is 0. The van der Waals surface area contributed by atoms with E-state index in [-0.39, 0.29) is 5.91 Å². The smallest absolute Gasteiger partial charge is 0.225 e. The molecule has 3 N–H and O–H groups in total. The lowest BCUT2D eigenvalue weighted by Gasteiger charge is -2.19. The highest BCUT2D eigenvalue weighted by Crippen LogP contribution is 2.09. The number of nitrogens with two attached hydrogens (primary N) is 1. The molecule has 0 radical (unpaired) electrons. The standard InChI is InChI=1S/C14H18N2O/c1-4-14(2,3)16-13(17)9-11-7-5-6-8-12(11)10-15/h1,5-8H,9-10,15H2,2-3H3,(H,16,17). The van der Waals surface area contributed by atoms with E-state index in [4.69, 9.17) is 12.2 Å². The number of carbonyl (C=O) groups is 1. The fourth-order valence-corrected chi connectivity index (χ4v) is 1.53. The van der Waals surface area contributed by atoms with Crippen molar-refractivity contribution in [3.63, 3.8) is 0 Å². The average Bonchev–Trinajstić information content (AvgIpc) is 2.29. The summed E-state index contributed by atoms with van der Waals surface area (Å²) in [4.78, 5) is 11.8. The van der Waals surface area contributed by atoms with Gasteiger partial charge in [0.05, 0.1) is 12.0 Å². The van der Waals surface area contributed by atoms with Crippen LogP contribution in [-0.4, -0.2) is 11.4 Å². The zero-order valence-electron chi connectivity index (χ0n) is 10.3. The van der Waals surface area contributed by atoms with Crippen molar-refractivity contribution in [2.75, 3.05) is 0 Å². The Morgan fingerprint density at radius 3 is 2.53 bits per heavy atom. The summed E-state index contributed by atoms with van der Waals surface area (Å²) in [5.74, 6) is 2.44. The highest BCUT2D eigenvalue weighted by molar-refractivity contribution is 5.80. The number of hydrogen-bond acceptors (Lipinski definition) is 2. The number of nitrogens with one attached hydrogen (secondary N) is 1. The molecule has 0 bridgehead atoms. The van der Waals surface area contributed by atoms with Gasteiger partial charge in [0.2, 0.25) is 5.91 Å². The molecule has 17 heavy (non-hydrogen) atoms. The number of terminal acetylenes is 1. The van der Waals surface area contributed by atoms with Gasteiger partial charge in [0.25, 0.3) is 0 Å². The first-order valence-electron chi connectivity index (χ1n) is 5.54. The Morgan fingerprint density at radius 2 is 2.00 bits per heavy atom. The van der Waals surface area contributed by atoms with Gasteiger partial charge in [-0.05, 0) is 25.0 Å². The Bertz CT molecular complexity index is 444. The molecule has 0 aliphatic rings. The number of benzene rings is 1. The van der Waals surface area contributed by atoms with Crippen LogP contribution in [0.25, 0.3) is 0 Å². The van der Waals surface area contributed by atoms with Crippen LogP contribution in [0.4, 0.5) is 0 Å². The molecular weight excluding hydrogens is 212 g/mol. The van der Waals surface area contributed by atoms with Crippen molar-refractivity contribution in [3.05, 3.63) is 35.4 Å². The Kier molecular flexibility index (Phi) is 4.30. The average molecular weight is 230 g/mol. The number of amides is 1.